The number of hydrogen-bond donors (Lipinski definition) is 1. The van der Waals surface area contributed by atoms with Crippen molar-refractivity contribution >= 4 is 17.4 Å². The molecule has 0 fully saturated rings. The van der Waals surface area contributed by atoms with E-state index in [1.807, 2.05) is 0 Å². The standard InChI is InChI=1S/C16H28N2S/c1-4-6-11-18(12-7-5-2)15-9-8-10-16(19-3)14(15)13-17/h8-10H,4-7,11-13,17H2,1-3H3. The average molecular weight is 280 g/mol. The van der Waals surface area contributed by atoms with Crippen molar-refractivity contribution in [1.29, 1.82) is 0 Å². The summed E-state index contributed by atoms with van der Waals surface area (Å²) in [6, 6.07) is 6.56. The summed E-state index contributed by atoms with van der Waals surface area (Å²) in [7, 11) is 0. The lowest BCUT2D eigenvalue weighted by Gasteiger charge is -2.28. The molecule has 0 aliphatic heterocycles. The maximum absolute atomic E-state index is 5.98. The first kappa shape index (κ1) is 16.4. The van der Waals surface area contributed by atoms with Crippen molar-refractivity contribution in [3.05, 3.63) is 23.8 Å². The normalized spacial score (nSPS) is 10.7. The summed E-state index contributed by atoms with van der Waals surface area (Å²) in [5, 5.41) is 0. The number of hydrogen-bond acceptors (Lipinski definition) is 3. The Hall–Kier alpha value is -0.670. The van der Waals surface area contributed by atoms with E-state index in [0.717, 1.165) is 13.1 Å². The predicted octanol–water partition coefficient (Wildman–Crippen LogP) is 4.27. The van der Waals surface area contributed by atoms with Gasteiger partial charge in [0.1, 0.15) is 0 Å². The maximum atomic E-state index is 5.98. The van der Waals surface area contributed by atoms with Crippen molar-refractivity contribution in [3.8, 4) is 0 Å². The van der Waals surface area contributed by atoms with Crippen LogP contribution < -0.4 is 10.6 Å². The van der Waals surface area contributed by atoms with Crippen molar-refractivity contribution < 1.29 is 0 Å². The van der Waals surface area contributed by atoms with E-state index in [-0.39, 0.29) is 0 Å². The third kappa shape index (κ3) is 4.73. The van der Waals surface area contributed by atoms with E-state index in [1.54, 1.807) is 11.8 Å². The smallest absolute Gasteiger partial charge is 0.0423 e. The number of nitrogens with zero attached hydrogens (tertiary/aromatic N) is 1. The van der Waals surface area contributed by atoms with Crippen molar-refractivity contribution in [1.82, 2.24) is 0 Å². The molecule has 1 rings (SSSR count). The van der Waals surface area contributed by atoms with Gasteiger partial charge in [0, 0.05) is 35.8 Å². The molecule has 0 atom stereocenters. The Labute approximate surface area is 122 Å². The first-order valence-electron chi connectivity index (χ1n) is 7.39. The summed E-state index contributed by atoms with van der Waals surface area (Å²) >= 11 is 1.79. The highest BCUT2D eigenvalue weighted by Gasteiger charge is 2.12. The summed E-state index contributed by atoms with van der Waals surface area (Å²) in [5.74, 6) is 0. The van der Waals surface area contributed by atoms with E-state index >= 15 is 0 Å². The van der Waals surface area contributed by atoms with Gasteiger partial charge in [-0.05, 0) is 31.2 Å². The van der Waals surface area contributed by atoms with Crippen LogP contribution in [0.1, 0.15) is 45.1 Å². The zero-order chi connectivity index (χ0) is 14.1. The highest BCUT2D eigenvalue weighted by atomic mass is 32.2. The minimum atomic E-state index is 0.626. The number of benzene rings is 1. The number of unbranched alkanes of at least 4 members (excludes halogenated alkanes) is 2. The van der Waals surface area contributed by atoms with E-state index in [0.29, 0.717) is 6.54 Å². The second-order valence-corrected chi connectivity index (χ2v) is 5.70. The molecule has 1 aromatic rings. The van der Waals surface area contributed by atoms with Crippen LogP contribution in [0.25, 0.3) is 0 Å². The zero-order valence-corrected chi connectivity index (χ0v) is 13.4. The molecule has 0 heterocycles. The van der Waals surface area contributed by atoms with E-state index in [1.165, 1.54) is 41.8 Å². The summed E-state index contributed by atoms with van der Waals surface area (Å²) < 4.78 is 0. The van der Waals surface area contributed by atoms with Crippen LogP contribution in [-0.2, 0) is 6.54 Å². The van der Waals surface area contributed by atoms with Crippen LogP contribution in [0.4, 0.5) is 5.69 Å². The van der Waals surface area contributed by atoms with E-state index in [4.69, 9.17) is 5.73 Å². The third-order valence-corrected chi connectivity index (χ3v) is 4.26. The lowest BCUT2D eigenvalue weighted by Crippen LogP contribution is -2.27. The molecule has 1 aromatic carbocycles. The van der Waals surface area contributed by atoms with Crippen LogP contribution in [0.15, 0.2) is 23.1 Å². The molecule has 0 saturated carbocycles. The maximum Gasteiger partial charge on any atom is 0.0423 e. The predicted molar refractivity (Wildman–Crippen MR) is 88.1 cm³/mol. The van der Waals surface area contributed by atoms with Gasteiger partial charge in [-0.15, -0.1) is 11.8 Å². The monoisotopic (exact) mass is 280 g/mol. The first-order valence-corrected chi connectivity index (χ1v) is 8.61. The van der Waals surface area contributed by atoms with Crippen molar-refractivity contribution in [3.63, 3.8) is 0 Å². The van der Waals surface area contributed by atoms with Gasteiger partial charge in [0.05, 0.1) is 0 Å². The molecule has 0 unspecified atom stereocenters. The van der Waals surface area contributed by atoms with E-state index < -0.39 is 0 Å². The number of nitrogens with two attached hydrogens (primary N) is 1. The second kappa shape index (κ2) is 9.27. The summed E-state index contributed by atoms with van der Waals surface area (Å²) in [6.45, 7) is 7.41. The Morgan fingerprint density at radius 1 is 1.11 bits per heavy atom. The fourth-order valence-electron chi connectivity index (χ4n) is 2.30. The highest BCUT2D eigenvalue weighted by Crippen LogP contribution is 2.29. The largest absolute Gasteiger partial charge is 0.371 e. The van der Waals surface area contributed by atoms with Crippen LogP contribution >= 0.6 is 11.8 Å². The fourth-order valence-corrected chi connectivity index (χ4v) is 2.95. The van der Waals surface area contributed by atoms with Crippen molar-refractivity contribution in [2.24, 2.45) is 5.73 Å². The van der Waals surface area contributed by atoms with Gasteiger partial charge < -0.3 is 10.6 Å². The molecule has 108 valence electrons. The van der Waals surface area contributed by atoms with Crippen molar-refractivity contribution in [2.45, 2.75) is 51.0 Å². The van der Waals surface area contributed by atoms with Gasteiger partial charge in [-0.3, -0.25) is 0 Å². The molecule has 0 aliphatic carbocycles. The molecule has 19 heavy (non-hydrogen) atoms. The second-order valence-electron chi connectivity index (χ2n) is 4.86. The van der Waals surface area contributed by atoms with Gasteiger partial charge in [-0.1, -0.05) is 32.8 Å². The molecular formula is C16H28N2S. The lowest BCUT2D eigenvalue weighted by atomic mass is 10.1. The quantitative estimate of drug-likeness (QED) is 0.685. The van der Waals surface area contributed by atoms with Gasteiger partial charge in [0.15, 0.2) is 0 Å². The number of anilines is 1. The average Bonchev–Trinajstić information content (AvgIpc) is 2.46. The van der Waals surface area contributed by atoms with E-state index in [2.05, 4.69) is 43.2 Å². The SMILES string of the molecule is CCCCN(CCCC)c1cccc(SC)c1CN. The Kier molecular flexibility index (Phi) is 7.99. The van der Waals surface area contributed by atoms with Gasteiger partial charge >= 0.3 is 0 Å². The van der Waals surface area contributed by atoms with Gasteiger partial charge in [0.2, 0.25) is 0 Å². The topological polar surface area (TPSA) is 29.3 Å². The van der Waals surface area contributed by atoms with Crippen LogP contribution in [0.3, 0.4) is 0 Å². The fraction of sp³-hybridized carbons (Fsp3) is 0.625. The summed E-state index contributed by atoms with van der Waals surface area (Å²) in [6.07, 6.45) is 7.10. The van der Waals surface area contributed by atoms with Gasteiger partial charge in [-0.25, -0.2) is 0 Å². The first-order chi connectivity index (χ1) is 9.28. The molecule has 0 aromatic heterocycles. The van der Waals surface area contributed by atoms with Crippen LogP contribution in [0.5, 0.6) is 0 Å². The molecule has 2 N–H and O–H groups in total. The molecule has 0 saturated heterocycles. The molecule has 0 bridgehead atoms. The molecule has 0 spiro atoms. The molecule has 2 nitrogen and oxygen atoms in total. The highest BCUT2D eigenvalue weighted by molar-refractivity contribution is 7.98. The Bertz CT molecular complexity index is 358. The molecule has 0 radical (unpaired) electrons. The van der Waals surface area contributed by atoms with Crippen LogP contribution in [0.2, 0.25) is 0 Å². The van der Waals surface area contributed by atoms with E-state index in [9.17, 15) is 0 Å². The lowest BCUT2D eigenvalue weighted by molar-refractivity contribution is 0.674. The molecular weight excluding hydrogens is 252 g/mol. The summed E-state index contributed by atoms with van der Waals surface area (Å²) in [5.41, 5.74) is 8.63. The van der Waals surface area contributed by atoms with Crippen molar-refractivity contribution in [2.75, 3.05) is 24.2 Å². The van der Waals surface area contributed by atoms with Crippen LogP contribution in [-0.4, -0.2) is 19.3 Å². The zero-order valence-electron chi connectivity index (χ0n) is 12.6. The third-order valence-electron chi connectivity index (χ3n) is 3.44. The number of rotatable bonds is 9. The minimum absolute atomic E-state index is 0.626. The van der Waals surface area contributed by atoms with Crippen LogP contribution in [0, 0.1) is 0 Å². The van der Waals surface area contributed by atoms with Gasteiger partial charge in [0.25, 0.3) is 0 Å². The minimum Gasteiger partial charge on any atom is -0.371 e. The van der Waals surface area contributed by atoms with Gasteiger partial charge in [-0.2, -0.15) is 0 Å². The Balaban J connectivity index is 2.98. The molecule has 0 aliphatic rings. The number of thioether (sulfide) groups is 1. The summed E-state index contributed by atoms with van der Waals surface area (Å²) in [4.78, 5) is 3.84. The molecule has 3 heteroatoms. The Morgan fingerprint density at radius 3 is 2.21 bits per heavy atom. The Morgan fingerprint density at radius 2 is 1.74 bits per heavy atom. The molecule has 0 amide bonds.